The molecular weight excluding hydrogens is 348 g/mol. The van der Waals surface area contributed by atoms with Gasteiger partial charge < -0.3 is 9.47 Å². The Morgan fingerprint density at radius 2 is 2.00 bits per heavy atom. The summed E-state index contributed by atoms with van der Waals surface area (Å²) in [6, 6.07) is 10.7. The van der Waals surface area contributed by atoms with Gasteiger partial charge in [-0.2, -0.15) is 11.8 Å². The molecule has 1 aromatic carbocycles. The van der Waals surface area contributed by atoms with E-state index in [-0.39, 0.29) is 0 Å². The van der Waals surface area contributed by atoms with Crippen molar-refractivity contribution >= 4 is 29.0 Å². The lowest BCUT2D eigenvalue weighted by molar-refractivity contribution is 0.472. The smallest absolute Gasteiger partial charge is 0.161 e. The lowest BCUT2D eigenvalue weighted by Gasteiger charge is -2.28. The van der Waals surface area contributed by atoms with Crippen LogP contribution in [0.1, 0.15) is 11.1 Å². The van der Waals surface area contributed by atoms with Crippen LogP contribution in [0.4, 0.5) is 0 Å². The summed E-state index contributed by atoms with van der Waals surface area (Å²) in [5, 5.41) is 0. The van der Waals surface area contributed by atoms with Crippen LogP contribution in [-0.2, 0) is 6.54 Å². The van der Waals surface area contributed by atoms with E-state index in [0.717, 1.165) is 53.2 Å². The first-order valence-electron chi connectivity index (χ1n) is 8.50. The molecule has 126 valence electrons. The average Bonchev–Trinajstić information content (AvgIpc) is 3.27. The molecule has 4 heterocycles. The fourth-order valence-electron chi connectivity index (χ4n) is 3.65. The van der Waals surface area contributed by atoms with E-state index in [1.54, 1.807) is 0 Å². The number of nitrogens with zero attached hydrogens (tertiary/aromatic N) is 4. The number of imidazole rings is 1. The van der Waals surface area contributed by atoms with Crippen LogP contribution in [-0.4, -0.2) is 48.6 Å². The Balaban J connectivity index is 1.59. The highest BCUT2D eigenvalue weighted by molar-refractivity contribution is 7.99. The molecule has 0 amide bonds. The van der Waals surface area contributed by atoms with Gasteiger partial charge in [-0.1, -0.05) is 30.4 Å². The van der Waals surface area contributed by atoms with E-state index in [0.29, 0.717) is 0 Å². The number of para-hydroxylation sites is 1. The van der Waals surface area contributed by atoms with Gasteiger partial charge in [-0.05, 0) is 17.7 Å². The first-order valence-corrected chi connectivity index (χ1v) is 10.1. The van der Waals surface area contributed by atoms with Gasteiger partial charge in [0.25, 0.3) is 0 Å². The molecule has 0 unspecified atom stereocenters. The van der Waals surface area contributed by atoms with Crippen molar-refractivity contribution in [2.45, 2.75) is 6.54 Å². The molecule has 0 bridgehead atoms. The summed E-state index contributed by atoms with van der Waals surface area (Å²) < 4.78 is 4.46. The first-order chi connectivity index (χ1) is 12.3. The third kappa shape index (κ3) is 2.51. The first kappa shape index (κ1) is 15.2. The quantitative estimate of drug-likeness (QED) is 0.482. The summed E-state index contributed by atoms with van der Waals surface area (Å²) in [6.07, 6.45) is 6.10. The Kier molecular flexibility index (Phi) is 3.68. The van der Waals surface area contributed by atoms with Gasteiger partial charge in [0.05, 0.1) is 11.4 Å². The zero-order valence-electron chi connectivity index (χ0n) is 13.8. The largest absolute Gasteiger partial charge is 0.361 e. The average molecular weight is 367 g/mol. The van der Waals surface area contributed by atoms with E-state index in [2.05, 4.69) is 55.5 Å². The van der Waals surface area contributed by atoms with E-state index < -0.39 is 0 Å². The molecule has 2 aromatic heterocycles. The fourth-order valence-corrected chi connectivity index (χ4v) is 4.84. The van der Waals surface area contributed by atoms with Crippen molar-refractivity contribution in [3.63, 3.8) is 0 Å². The number of thiocarbonyl (C=S) groups is 1. The molecule has 0 radical (unpaired) electrons. The minimum Gasteiger partial charge on any atom is -0.361 e. The lowest BCUT2D eigenvalue weighted by atomic mass is 10.2. The van der Waals surface area contributed by atoms with Crippen LogP contribution in [0.3, 0.4) is 0 Å². The summed E-state index contributed by atoms with van der Waals surface area (Å²) in [7, 11) is 0. The second kappa shape index (κ2) is 6.04. The molecule has 1 fully saturated rings. The molecule has 0 N–H and O–H groups in total. The van der Waals surface area contributed by atoms with E-state index in [4.69, 9.17) is 12.2 Å². The predicted octanol–water partition coefficient (Wildman–Crippen LogP) is 3.43. The summed E-state index contributed by atoms with van der Waals surface area (Å²) in [4.78, 5) is 7.92. The number of aromatic nitrogens is 3. The van der Waals surface area contributed by atoms with Crippen molar-refractivity contribution in [3.05, 3.63) is 60.0 Å². The molecule has 4 nitrogen and oxygen atoms in total. The zero-order chi connectivity index (χ0) is 16.8. The van der Waals surface area contributed by atoms with E-state index in [1.165, 1.54) is 11.3 Å². The molecule has 5 rings (SSSR count). The molecule has 1 saturated heterocycles. The number of hydrogen-bond acceptors (Lipinski definition) is 3. The molecule has 0 spiro atoms. The van der Waals surface area contributed by atoms with Gasteiger partial charge in [0, 0.05) is 55.3 Å². The Bertz CT molecular complexity index is 950. The van der Waals surface area contributed by atoms with Crippen LogP contribution < -0.4 is 0 Å². The maximum atomic E-state index is 5.80. The fraction of sp³-hybridized carbons (Fsp3) is 0.263. The van der Waals surface area contributed by atoms with Crippen LogP contribution in [0.2, 0.25) is 0 Å². The highest BCUT2D eigenvalue weighted by Crippen LogP contribution is 2.31. The molecule has 2 aliphatic rings. The molecule has 0 atom stereocenters. The highest BCUT2D eigenvalue weighted by Gasteiger charge is 2.23. The van der Waals surface area contributed by atoms with Gasteiger partial charge in [-0.3, -0.25) is 4.57 Å². The highest BCUT2D eigenvalue weighted by atomic mass is 32.2. The molecule has 0 aliphatic carbocycles. The third-order valence-corrected chi connectivity index (χ3v) is 6.34. The number of rotatable bonds is 1. The molecule has 3 aromatic rings. The van der Waals surface area contributed by atoms with Gasteiger partial charge in [-0.25, -0.2) is 4.98 Å². The van der Waals surface area contributed by atoms with Crippen LogP contribution in [0.25, 0.3) is 17.2 Å². The van der Waals surface area contributed by atoms with Crippen molar-refractivity contribution in [2.24, 2.45) is 0 Å². The summed E-state index contributed by atoms with van der Waals surface area (Å²) >= 11 is 7.80. The van der Waals surface area contributed by atoms with Crippen molar-refractivity contribution in [2.75, 3.05) is 24.6 Å². The Morgan fingerprint density at radius 3 is 2.88 bits per heavy atom. The van der Waals surface area contributed by atoms with Crippen molar-refractivity contribution in [3.8, 4) is 17.2 Å². The number of thioether (sulfide) groups is 1. The molecule has 25 heavy (non-hydrogen) atoms. The Labute approximate surface area is 156 Å². The SMILES string of the molecule is S=C(c1cc2n(c1)Cc1ccccc1-n1ccnc1-2)N1CCSCC1. The maximum Gasteiger partial charge on any atom is 0.161 e. The van der Waals surface area contributed by atoms with Crippen LogP contribution in [0.15, 0.2) is 48.9 Å². The van der Waals surface area contributed by atoms with E-state index >= 15 is 0 Å². The molecular formula is C19H18N4S2. The van der Waals surface area contributed by atoms with Gasteiger partial charge >= 0.3 is 0 Å². The predicted molar refractivity (Wildman–Crippen MR) is 107 cm³/mol. The van der Waals surface area contributed by atoms with Crippen LogP contribution >= 0.6 is 24.0 Å². The monoisotopic (exact) mass is 366 g/mol. The third-order valence-electron chi connectivity index (χ3n) is 4.90. The van der Waals surface area contributed by atoms with Crippen LogP contribution in [0, 0.1) is 0 Å². The zero-order valence-corrected chi connectivity index (χ0v) is 15.4. The molecule has 0 saturated carbocycles. The normalized spacial score (nSPS) is 15.9. The van der Waals surface area contributed by atoms with Gasteiger partial charge in [0.2, 0.25) is 0 Å². The Hall–Kier alpha value is -2.05. The Morgan fingerprint density at radius 1 is 1.16 bits per heavy atom. The minimum atomic E-state index is 0.841. The maximum absolute atomic E-state index is 5.80. The number of benzene rings is 1. The topological polar surface area (TPSA) is 26.0 Å². The van der Waals surface area contributed by atoms with Crippen molar-refractivity contribution in [1.82, 2.24) is 19.0 Å². The lowest BCUT2D eigenvalue weighted by Crippen LogP contribution is -2.37. The molecule has 6 heteroatoms. The summed E-state index contributed by atoms with van der Waals surface area (Å²) in [6.45, 7) is 2.93. The summed E-state index contributed by atoms with van der Waals surface area (Å²) in [5.41, 5.74) is 4.76. The summed E-state index contributed by atoms with van der Waals surface area (Å²) in [5.74, 6) is 3.30. The number of fused-ring (bicyclic) bond motifs is 5. The second-order valence-corrected chi connectivity index (χ2v) is 8.01. The van der Waals surface area contributed by atoms with Gasteiger partial charge in [0.15, 0.2) is 5.82 Å². The minimum absolute atomic E-state index is 0.841. The van der Waals surface area contributed by atoms with Crippen molar-refractivity contribution in [1.29, 1.82) is 0 Å². The second-order valence-electron chi connectivity index (χ2n) is 6.40. The number of hydrogen-bond donors (Lipinski definition) is 0. The van der Waals surface area contributed by atoms with Crippen LogP contribution in [0.5, 0.6) is 0 Å². The van der Waals surface area contributed by atoms with E-state index in [1.807, 2.05) is 24.2 Å². The standard InChI is InChI=1S/C19H18N4S2/c24-19(21-7-9-25-10-8-21)15-11-17-18-20-5-6-23(18)16-4-2-1-3-14(16)12-22(17)13-15/h1-6,11,13H,7-10,12H2. The van der Waals surface area contributed by atoms with E-state index in [9.17, 15) is 0 Å². The molecule has 2 aliphatic heterocycles. The van der Waals surface area contributed by atoms with Gasteiger partial charge in [0.1, 0.15) is 4.99 Å². The van der Waals surface area contributed by atoms with Crippen molar-refractivity contribution < 1.29 is 0 Å². The van der Waals surface area contributed by atoms with Gasteiger partial charge in [-0.15, -0.1) is 0 Å².